The second-order valence-corrected chi connectivity index (χ2v) is 5.57. The molecule has 2 saturated heterocycles. The van der Waals surface area contributed by atoms with Crippen LogP contribution in [0.15, 0.2) is 16.5 Å². The molecule has 0 radical (unpaired) electrons. The largest absolute Gasteiger partial charge is 0.384 e. The summed E-state index contributed by atoms with van der Waals surface area (Å²) in [6.45, 7) is 0.807. The van der Waals surface area contributed by atoms with E-state index in [-0.39, 0.29) is 25.1 Å². The quantitative estimate of drug-likeness (QED) is 0.405. The summed E-state index contributed by atoms with van der Waals surface area (Å²) in [5.74, 6) is 0.580. The Balaban J connectivity index is 1.59. The van der Waals surface area contributed by atoms with Crippen molar-refractivity contribution in [3.63, 3.8) is 0 Å². The van der Waals surface area contributed by atoms with Crippen molar-refractivity contribution in [2.45, 2.75) is 31.3 Å². The van der Waals surface area contributed by atoms with Crippen molar-refractivity contribution in [3.8, 4) is 0 Å². The van der Waals surface area contributed by atoms with Gasteiger partial charge in [-0.15, -0.1) is 0 Å². The molecule has 0 aromatic rings. The van der Waals surface area contributed by atoms with Crippen molar-refractivity contribution in [1.82, 2.24) is 15.5 Å². The summed E-state index contributed by atoms with van der Waals surface area (Å²) in [7, 11) is -2.32. The Morgan fingerprint density at radius 1 is 1.55 bits per heavy atom. The minimum atomic E-state index is -2.32. The Kier molecular flexibility index (Phi) is 4.06. The van der Waals surface area contributed by atoms with Gasteiger partial charge < -0.3 is 35.4 Å². The maximum absolute atomic E-state index is 8.75. The Labute approximate surface area is 117 Å². The van der Waals surface area contributed by atoms with Crippen molar-refractivity contribution in [3.05, 3.63) is 11.5 Å². The van der Waals surface area contributed by atoms with Gasteiger partial charge in [-0.05, 0) is 12.8 Å². The molecular weight excluding hydrogens is 285 g/mol. The minimum absolute atomic E-state index is 0.0785. The highest BCUT2D eigenvalue weighted by atomic mass is 31.2. The Morgan fingerprint density at radius 3 is 3.20 bits per heavy atom. The van der Waals surface area contributed by atoms with Gasteiger partial charge in [0, 0.05) is 0 Å². The van der Waals surface area contributed by atoms with Crippen LogP contribution < -0.4 is 16.4 Å². The van der Waals surface area contributed by atoms with Crippen LogP contribution in [0.25, 0.3) is 0 Å². The van der Waals surface area contributed by atoms with E-state index >= 15 is 0 Å². The van der Waals surface area contributed by atoms with Gasteiger partial charge in [0.05, 0.1) is 31.4 Å². The molecule has 0 amide bonds. The number of hydrogen-bond acceptors (Lipinski definition) is 9. The third kappa shape index (κ3) is 2.73. The van der Waals surface area contributed by atoms with Crippen molar-refractivity contribution in [2.24, 2.45) is 10.7 Å². The first-order chi connectivity index (χ1) is 9.65. The van der Waals surface area contributed by atoms with Crippen LogP contribution in [0.2, 0.25) is 0 Å². The number of hydrogen-bond donors (Lipinski definition) is 5. The maximum Gasteiger partial charge on any atom is 0.327 e. The lowest BCUT2D eigenvalue weighted by molar-refractivity contribution is -0.0687. The van der Waals surface area contributed by atoms with E-state index in [1.165, 1.54) is 0 Å². The van der Waals surface area contributed by atoms with Crippen LogP contribution in [-0.4, -0.2) is 52.8 Å². The van der Waals surface area contributed by atoms with Gasteiger partial charge in [-0.25, -0.2) is 9.89 Å². The number of nitrogens with two attached hydrogens (primary N) is 1. The molecule has 3 aliphatic heterocycles. The molecule has 20 heavy (non-hydrogen) atoms. The van der Waals surface area contributed by atoms with Gasteiger partial charge in [0.25, 0.3) is 0 Å². The van der Waals surface area contributed by atoms with Gasteiger partial charge in [-0.1, -0.05) is 0 Å². The molecule has 0 aliphatic carbocycles. The normalized spacial score (nSPS) is 33.5. The zero-order valence-electron chi connectivity index (χ0n) is 10.8. The molecule has 3 aliphatic rings. The van der Waals surface area contributed by atoms with Crippen LogP contribution in [0.4, 0.5) is 0 Å². The average Bonchev–Trinajstić information content (AvgIpc) is 3.02. The smallest absolute Gasteiger partial charge is 0.327 e. The van der Waals surface area contributed by atoms with Gasteiger partial charge in [-0.3, -0.25) is 0 Å². The molecule has 2 fully saturated rings. The molecule has 10 heteroatoms. The van der Waals surface area contributed by atoms with Gasteiger partial charge in [0.1, 0.15) is 12.0 Å². The summed E-state index contributed by atoms with van der Waals surface area (Å²) in [5.41, 5.74) is 6.73. The minimum Gasteiger partial charge on any atom is -0.384 e. The first kappa shape index (κ1) is 14.0. The van der Waals surface area contributed by atoms with Gasteiger partial charge >= 0.3 is 8.60 Å². The third-order valence-corrected chi connectivity index (χ3v) is 3.96. The summed E-state index contributed by atoms with van der Waals surface area (Å²) in [6.07, 6.45) is 2.90. The second kappa shape index (κ2) is 5.80. The highest BCUT2D eigenvalue weighted by molar-refractivity contribution is 7.39. The summed E-state index contributed by atoms with van der Waals surface area (Å²) in [5, 5.41) is 6.09. The lowest BCUT2D eigenvalue weighted by Crippen LogP contribution is -2.41. The molecule has 112 valence electrons. The highest BCUT2D eigenvalue weighted by Crippen LogP contribution is 2.32. The monoisotopic (exact) mass is 303 g/mol. The third-order valence-electron chi connectivity index (χ3n) is 3.58. The van der Waals surface area contributed by atoms with Crippen LogP contribution in [0.5, 0.6) is 0 Å². The first-order valence-electron chi connectivity index (χ1n) is 6.39. The van der Waals surface area contributed by atoms with E-state index in [4.69, 9.17) is 24.8 Å². The van der Waals surface area contributed by atoms with Crippen LogP contribution in [-0.2, 0) is 9.26 Å². The zero-order valence-corrected chi connectivity index (χ0v) is 11.7. The molecule has 6 N–H and O–H groups in total. The van der Waals surface area contributed by atoms with E-state index in [0.717, 1.165) is 18.5 Å². The SMILES string of the molecule is NC1=C2NCN([C@H]3CC[C@@H](COP(O)O)O3)C2N=CN1. The van der Waals surface area contributed by atoms with E-state index in [1.54, 1.807) is 6.34 Å². The summed E-state index contributed by atoms with van der Waals surface area (Å²) >= 11 is 0. The number of nitrogens with zero attached hydrogens (tertiary/aromatic N) is 2. The number of nitrogens with one attached hydrogen (secondary N) is 2. The van der Waals surface area contributed by atoms with Crippen molar-refractivity contribution in [1.29, 1.82) is 0 Å². The van der Waals surface area contributed by atoms with Gasteiger partial charge in [0.2, 0.25) is 0 Å². The average molecular weight is 303 g/mol. The number of fused-ring (bicyclic) bond motifs is 1. The van der Waals surface area contributed by atoms with E-state index in [2.05, 4.69) is 20.5 Å². The fourth-order valence-electron chi connectivity index (χ4n) is 2.63. The molecule has 0 bridgehead atoms. The Bertz CT molecular complexity index is 432. The van der Waals surface area contributed by atoms with Crippen molar-refractivity contribution < 1.29 is 19.0 Å². The first-order valence-corrected chi connectivity index (χ1v) is 7.55. The molecule has 9 nitrogen and oxygen atoms in total. The van der Waals surface area contributed by atoms with Crippen molar-refractivity contribution in [2.75, 3.05) is 13.3 Å². The predicted molar refractivity (Wildman–Crippen MR) is 71.7 cm³/mol. The van der Waals surface area contributed by atoms with Crippen LogP contribution in [0, 0.1) is 0 Å². The lowest BCUT2D eigenvalue weighted by atomic mass is 10.2. The van der Waals surface area contributed by atoms with E-state index in [9.17, 15) is 0 Å². The number of aliphatic imine (C=N–C) groups is 1. The molecule has 0 aromatic carbocycles. The topological polar surface area (TPSA) is 125 Å². The highest BCUT2D eigenvalue weighted by Gasteiger charge is 2.40. The molecule has 1 unspecified atom stereocenters. The van der Waals surface area contributed by atoms with Gasteiger partial charge in [0.15, 0.2) is 6.17 Å². The maximum atomic E-state index is 8.75. The molecular formula is C10H18N5O4P. The van der Waals surface area contributed by atoms with Crippen LogP contribution >= 0.6 is 8.60 Å². The molecule has 3 heterocycles. The molecule has 3 atom stereocenters. The number of ether oxygens (including phenoxy) is 1. The van der Waals surface area contributed by atoms with Gasteiger partial charge in [-0.2, -0.15) is 0 Å². The Morgan fingerprint density at radius 2 is 2.40 bits per heavy atom. The Hall–Kier alpha value is -0.960. The van der Waals surface area contributed by atoms with E-state index < -0.39 is 8.60 Å². The number of rotatable bonds is 4. The molecule has 0 spiro atoms. The summed E-state index contributed by atoms with van der Waals surface area (Å²) < 4.78 is 10.7. The molecule has 3 rings (SSSR count). The summed E-state index contributed by atoms with van der Waals surface area (Å²) in [4.78, 5) is 24.0. The van der Waals surface area contributed by atoms with Crippen molar-refractivity contribution >= 4 is 14.9 Å². The zero-order chi connectivity index (χ0) is 14.1. The molecule has 0 aromatic heterocycles. The standard InChI is InChI=1S/C10H18N5O4P/c11-9-8-10(13-4-12-9)15(5-14-8)7-2-1-6(19-7)3-18-20(16)17/h4,6-7,10,14,16-17H,1-3,5,11H2,(H,12,13)/t6-,7+,10?/m0/s1. The van der Waals surface area contributed by atoms with Crippen LogP contribution in [0.1, 0.15) is 12.8 Å². The summed E-state index contributed by atoms with van der Waals surface area (Å²) in [6, 6.07) is 0. The predicted octanol–water partition coefficient (Wildman–Crippen LogP) is -1.33. The van der Waals surface area contributed by atoms with Crippen LogP contribution in [0.3, 0.4) is 0 Å². The van der Waals surface area contributed by atoms with E-state index in [1.807, 2.05) is 0 Å². The van der Waals surface area contributed by atoms with E-state index in [0.29, 0.717) is 12.5 Å². The second-order valence-electron chi connectivity index (χ2n) is 4.81. The lowest BCUT2D eigenvalue weighted by Gasteiger charge is -2.28. The fourth-order valence-corrected chi connectivity index (χ4v) is 2.93. The molecule has 0 saturated carbocycles. The fraction of sp³-hybridized carbons (Fsp3) is 0.700.